The molecule has 2 rings (SSSR count). The number of nitrogens with zero attached hydrogens (tertiary/aromatic N) is 1. The van der Waals surface area contributed by atoms with Crippen LogP contribution < -0.4 is 15.4 Å². The Labute approximate surface area is 131 Å². The van der Waals surface area contributed by atoms with Gasteiger partial charge in [-0.15, -0.1) is 0 Å². The van der Waals surface area contributed by atoms with Crippen molar-refractivity contribution in [1.29, 1.82) is 0 Å². The second-order valence-electron chi connectivity index (χ2n) is 5.30. The molecule has 0 amide bonds. The van der Waals surface area contributed by atoms with E-state index >= 15 is 0 Å². The number of ether oxygens (including phenoxy) is 1. The summed E-state index contributed by atoms with van der Waals surface area (Å²) in [5.41, 5.74) is 2.40. The monoisotopic (exact) mass is 307 g/mol. The first kappa shape index (κ1) is 16.0. The molecular weight excluding hydrogens is 282 g/mol. The first-order valence-electron chi connectivity index (χ1n) is 7.42. The Hall–Kier alpha value is -1.36. The van der Waals surface area contributed by atoms with E-state index in [1.807, 2.05) is 13.1 Å². The Balaban J connectivity index is 1.83. The fourth-order valence-electron chi connectivity index (χ4n) is 2.47. The van der Waals surface area contributed by atoms with Crippen molar-refractivity contribution in [2.24, 2.45) is 4.99 Å². The molecule has 0 aliphatic carbocycles. The largest absolute Gasteiger partial charge is 0.497 e. The Bertz CT molecular complexity index is 484. The molecule has 21 heavy (non-hydrogen) atoms. The fourth-order valence-corrected chi connectivity index (χ4v) is 3.67. The molecule has 0 saturated carbocycles. The lowest BCUT2D eigenvalue weighted by atomic mass is 10.1. The van der Waals surface area contributed by atoms with Crippen LogP contribution in [0.1, 0.15) is 24.0 Å². The first-order valence-corrected chi connectivity index (χ1v) is 8.47. The van der Waals surface area contributed by atoms with Gasteiger partial charge in [0.05, 0.1) is 7.11 Å². The minimum atomic E-state index is 0.725. The summed E-state index contributed by atoms with van der Waals surface area (Å²) in [5.74, 6) is 3.06. The van der Waals surface area contributed by atoms with Crippen molar-refractivity contribution in [1.82, 2.24) is 10.6 Å². The van der Waals surface area contributed by atoms with Gasteiger partial charge in [-0.25, -0.2) is 0 Å². The zero-order valence-electron chi connectivity index (χ0n) is 13.1. The lowest BCUT2D eigenvalue weighted by Gasteiger charge is -2.15. The predicted octanol–water partition coefficient (Wildman–Crippen LogP) is 2.56. The zero-order chi connectivity index (χ0) is 15.1. The number of hydrogen-bond acceptors (Lipinski definition) is 3. The molecule has 4 nitrogen and oxygen atoms in total. The number of hydrogen-bond donors (Lipinski definition) is 2. The van der Waals surface area contributed by atoms with Gasteiger partial charge in [-0.05, 0) is 48.8 Å². The van der Waals surface area contributed by atoms with E-state index in [2.05, 4.69) is 46.4 Å². The van der Waals surface area contributed by atoms with E-state index in [0.29, 0.717) is 0 Å². The maximum absolute atomic E-state index is 5.31. The van der Waals surface area contributed by atoms with Gasteiger partial charge in [0, 0.05) is 25.4 Å². The minimum Gasteiger partial charge on any atom is -0.497 e. The van der Waals surface area contributed by atoms with Gasteiger partial charge in [0.25, 0.3) is 0 Å². The molecule has 1 saturated heterocycles. The molecule has 2 N–H and O–H groups in total. The molecule has 0 bridgehead atoms. The number of methoxy groups -OCH3 is 1. The van der Waals surface area contributed by atoms with E-state index in [9.17, 15) is 0 Å². The SMILES string of the molecule is CN=C(NCc1cc(C)cc(OC)c1)NCC1CCCS1. The topological polar surface area (TPSA) is 45.7 Å². The first-order chi connectivity index (χ1) is 10.2. The van der Waals surface area contributed by atoms with Gasteiger partial charge >= 0.3 is 0 Å². The Morgan fingerprint density at radius 3 is 2.90 bits per heavy atom. The second-order valence-corrected chi connectivity index (χ2v) is 6.71. The average molecular weight is 307 g/mol. The maximum atomic E-state index is 5.31. The van der Waals surface area contributed by atoms with Crippen LogP contribution in [0.25, 0.3) is 0 Å². The standard InChI is InChI=1S/C16H25N3OS/c1-12-7-13(9-14(8-12)20-3)10-18-16(17-2)19-11-15-5-4-6-21-15/h7-9,15H,4-6,10-11H2,1-3H3,(H2,17,18,19). The van der Waals surface area contributed by atoms with Crippen LogP contribution >= 0.6 is 11.8 Å². The molecule has 1 heterocycles. The third-order valence-corrected chi connectivity index (χ3v) is 4.95. The van der Waals surface area contributed by atoms with Crippen molar-refractivity contribution in [2.45, 2.75) is 31.6 Å². The summed E-state index contributed by atoms with van der Waals surface area (Å²) in [6, 6.07) is 6.25. The van der Waals surface area contributed by atoms with E-state index in [4.69, 9.17) is 4.74 Å². The van der Waals surface area contributed by atoms with Gasteiger partial charge in [-0.3, -0.25) is 4.99 Å². The molecule has 1 fully saturated rings. The van der Waals surface area contributed by atoms with Crippen molar-refractivity contribution in [3.05, 3.63) is 29.3 Å². The molecule has 0 spiro atoms. The van der Waals surface area contributed by atoms with Crippen LogP contribution in [0.5, 0.6) is 5.75 Å². The summed E-state index contributed by atoms with van der Waals surface area (Å²) in [5, 5.41) is 7.50. The quantitative estimate of drug-likeness (QED) is 0.648. The van der Waals surface area contributed by atoms with Crippen LogP contribution in [0.2, 0.25) is 0 Å². The highest BCUT2D eigenvalue weighted by molar-refractivity contribution is 8.00. The van der Waals surface area contributed by atoms with Gasteiger partial charge in [-0.2, -0.15) is 11.8 Å². The van der Waals surface area contributed by atoms with Crippen LogP contribution in [-0.2, 0) is 6.54 Å². The van der Waals surface area contributed by atoms with Gasteiger partial charge in [0.2, 0.25) is 0 Å². The number of guanidine groups is 1. The van der Waals surface area contributed by atoms with Crippen molar-refractivity contribution < 1.29 is 4.74 Å². The van der Waals surface area contributed by atoms with Crippen LogP contribution in [0.4, 0.5) is 0 Å². The lowest BCUT2D eigenvalue weighted by molar-refractivity contribution is 0.414. The number of nitrogens with one attached hydrogen (secondary N) is 2. The summed E-state index contributed by atoms with van der Waals surface area (Å²) in [6.45, 7) is 3.81. The molecule has 1 unspecified atom stereocenters. The predicted molar refractivity (Wildman–Crippen MR) is 91.4 cm³/mol. The third kappa shape index (κ3) is 5.16. The summed E-state index contributed by atoms with van der Waals surface area (Å²) in [6.07, 6.45) is 2.65. The van der Waals surface area contributed by atoms with Gasteiger partial charge < -0.3 is 15.4 Å². The number of thioether (sulfide) groups is 1. The molecule has 5 heteroatoms. The van der Waals surface area contributed by atoms with Crippen LogP contribution in [0.15, 0.2) is 23.2 Å². The minimum absolute atomic E-state index is 0.725. The van der Waals surface area contributed by atoms with E-state index < -0.39 is 0 Å². The van der Waals surface area contributed by atoms with Crippen molar-refractivity contribution in [3.63, 3.8) is 0 Å². The highest BCUT2D eigenvalue weighted by atomic mass is 32.2. The Kier molecular flexibility index (Phi) is 6.23. The van der Waals surface area contributed by atoms with E-state index in [1.54, 1.807) is 7.11 Å². The zero-order valence-corrected chi connectivity index (χ0v) is 13.9. The molecule has 1 atom stereocenters. The molecule has 0 radical (unpaired) electrons. The average Bonchev–Trinajstić information content (AvgIpc) is 3.00. The van der Waals surface area contributed by atoms with Crippen LogP contribution in [0.3, 0.4) is 0 Å². The lowest BCUT2D eigenvalue weighted by Crippen LogP contribution is -2.39. The number of benzene rings is 1. The fraction of sp³-hybridized carbons (Fsp3) is 0.562. The number of aryl methyl sites for hydroxylation is 1. The van der Waals surface area contributed by atoms with Crippen LogP contribution in [-0.4, -0.2) is 37.7 Å². The van der Waals surface area contributed by atoms with Gasteiger partial charge in [0.15, 0.2) is 5.96 Å². The highest BCUT2D eigenvalue weighted by Crippen LogP contribution is 2.25. The molecule has 1 aliphatic rings. The van der Waals surface area contributed by atoms with Gasteiger partial charge in [0.1, 0.15) is 5.75 Å². The molecule has 0 aromatic heterocycles. The normalized spacial score (nSPS) is 18.6. The Morgan fingerprint density at radius 2 is 2.24 bits per heavy atom. The van der Waals surface area contributed by atoms with Crippen molar-refractivity contribution in [3.8, 4) is 5.75 Å². The third-order valence-electron chi connectivity index (χ3n) is 3.55. The van der Waals surface area contributed by atoms with Crippen LogP contribution in [0, 0.1) is 6.92 Å². The summed E-state index contributed by atoms with van der Waals surface area (Å²) >= 11 is 2.05. The molecule has 1 aliphatic heterocycles. The number of aliphatic imine (C=N–C) groups is 1. The molecule has 1 aromatic rings. The van der Waals surface area contributed by atoms with Crippen molar-refractivity contribution in [2.75, 3.05) is 26.5 Å². The van der Waals surface area contributed by atoms with E-state index in [1.165, 1.54) is 29.7 Å². The summed E-state index contributed by atoms with van der Waals surface area (Å²) in [4.78, 5) is 4.28. The molecule has 116 valence electrons. The van der Waals surface area contributed by atoms with E-state index in [0.717, 1.165) is 30.0 Å². The highest BCUT2D eigenvalue weighted by Gasteiger charge is 2.15. The Morgan fingerprint density at radius 1 is 1.38 bits per heavy atom. The second kappa shape index (κ2) is 8.17. The number of rotatable bonds is 5. The smallest absolute Gasteiger partial charge is 0.191 e. The maximum Gasteiger partial charge on any atom is 0.191 e. The molecular formula is C16H25N3OS. The molecule has 1 aromatic carbocycles. The summed E-state index contributed by atoms with van der Waals surface area (Å²) < 4.78 is 5.31. The van der Waals surface area contributed by atoms with Crippen molar-refractivity contribution >= 4 is 17.7 Å². The van der Waals surface area contributed by atoms with Gasteiger partial charge in [-0.1, -0.05) is 6.07 Å². The van der Waals surface area contributed by atoms with E-state index in [-0.39, 0.29) is 0 Å². The summed E-state index contributed by atoms with van der Waals surface area (Å²) in [7, 11) is 3.51.